The van der Waals surface area contributed by atoms with Gasteiger partial charge in [0.05, 0.1) is 18.1 Å². The van der Waals surface area contributed by atoms with E-state index in [-0.39, 0.29) is 23.9 Å². The zero-order valence-corrected chi connectivity index (χ0v) is 10.4. The van der Waals surface area contributed by atoms with Crippen LogP contribution in [0.5, 0.6) is 0 Å². The fourth-order valence-corrected chi connectivity index (χ4v) is 2.71. The third kappa shape index (κ3) is 8.69. The Morgan fingerprint density at radius 1 is 1.27 bits per heavy atom. The summed E-state index contributed by atoms with van der Waals surface area (Å²) in [6.45, 7) is 2.05. The molecule has 0 saturated carbocycles. The van der Waals surface area contributed by atoms with Gasteiger partial charge in [-0.2, -0.15) is 0 Å². The Balaban J connectivity index is 3.70. The van der Waals surface area contributed by atoms with Crippen LogP contribution in [0.25, 0.3) is 0 Å². The third-order valence-corrected chi connectivity index (χ3v) is 3.82. The van der Waals surface area contributed by atoms with Gasteiger partial charge in [0.2, 0.25) is 0 Å². The quantitative estimate of drug-likeness (QED) is 0.486. The molecule has 0 aromatic rings. The number of hydrogen-bond acceptors (Lipinski definition) is 4. The van der Waals surface area contributed by atoms with Crippen molar-refractivity contribution in [3.8, 4) is 0 Å². The molecule has 0 bridgehead atoms. The van der Waals surface area contributed by atoms with Crippen molar-refractivity contribution in [3.63, 3.8) is 0 Å². The van der Waals surface area contributed by atoms with Crippen LogP contribution >= 0.6 is 11.6 Å². The summed E-state index contributed by atoms with van der Waals surface area (Å²) in [4.78, 5) is 10.9. The highest BCUT2D eigenvalue weighted by Crippen LogP contribution is 2.01. The predicted octanol–water partition coefficient (Wildman–Crippen LogP) is 1.37. The summed E-state index contributed by atoms with van der Waals surface area (Å²) in [7, 11) is -3.05. The third-order valence-electron chi connectivity index (χ3n) is 1.73. The number of carbonyl (C=O) groups is 1. The van der Waals surface area contributed by atoms with Crippen LogP contribution in [0.2, 0.25) is 0 Å². The van der Waals surface area contributed by atoms with Crippen LogP contribution in [0, 0.1) is 0 Å². The molecule has 6 heteroatoms. The number of ether oxygens (including phenoxy) is 1. The zero-order chi connectivity index (χ0) is 11.7. The molecule has 0 N–H and O–H groups in total. The van der Waals surface area contributed by atoms with Crippen LogP contribution in [0.4, 0.5) is 0 Å². The number of halogens is 1. The molecule has 4 nitrogen and oxygen atoms in total. The fraction of sp³-hybridized carbons (Fsp3) is 0.889. The van der Waals surface area contributed by atoms with E-state index in [2.05, 4.69) is 4.74 Å². The van der Waals surface area contributed by atoms with Crippen molar-refractivity contribution < 1.29 is 17.9 Å². The van der Waals surface area contributed by atoms with Crippen molar-refractivity contribution in [2.24, 2.45) is 0 Å². The molecular weight excluding hydrogens is 240 g/mol. The maximum absolute atomic E-state index is 11.3. The number of rotatable bonds is 8. The Hall–Kier alpha value is -0.290. The first-order valence-corrected chi connectivity index (χ1v) is 7.29. The van der Waals surface area contributed by atoms with Crippen LogP contribution in [-0.4, -0.2) is 38.4 Å². The maximum Gasteiger partial charge on any atom is 0.305 e. The lowest BCUT2D eigenvalue weighted by Crippen LogP contribution is -2.13. The molecule has 0 saturated heterocycles. The van der Waals surface area contributed by atoms with E-state index in [0.29, 0.717) is 25.3 Å². The minimum atomic E-state index is -3.05. The van der Waals surface area contributed by atoms with Gasteiger partial charge in [0.1, 0.15) is 9.84 Å². The van der Waals surface area contributed by atoms with Crippen molar-refractivity contribution in [1.29, 1.82) is 0 Å². The molecule has 90 valence electrons. The second-order valence-corrected chi connectivity index (χ2v) is 5.78. The molecule has 0 heterocycles. The molecule has 0 fully saturated rings. The fourth-order valence-electron chi connectivity index (χ4n) is 1.05. The Morgan fingerprint density at radius 2 is 1.87 bits per heavy atom. The van der Waals surface area contributed by atoms with E-state index >= 15 is 0 Å². The molecule has 15 heavy (non-hydrogen) atoms. The smallest absolute Gasteiger partial charge is 0.305 e. The molecule has 0 aromatic carbocycles. The van der Waals surface area contributed by atoms with Crippen LogP contribution in [0.3, 0.4) is 0 Å². The minimum Gasteiger partial charge on any atom is -0.466 e. The van der Waals surface area contributed by atoms with Crippen LogP contribution < -0.4 is 0 Å². The van der Waals surface area contributed by atoms with Crippen molar-refractivity contribution >= 4 is 27.4 Å². The topological polar surface area (TPSA) is 60.4 Å². The van der Waals surface area contributed by atoms with Gasteiger partial charge in [-0.3, -0.25) is 4.79 Å². The number of carbonyl (C=O) groups excluding carboxylic acids is 1. The average molecular weight is 257 g/mol. The van der Waals surface area contributed by atoms with E-state index in [1.165, 1.54) is 0 Å². The SMILES string of the molecule is CCOC(=O)CCCS(=O)(=O)CCCCl. The van der Waals surface area contributed by atoms with Gasteiger partial charge in [-0.05, 0) is 19.8 Å². The van der Waals surface area contributed by atoms with Crippen LogP contribution in [0.15, 0.2) is 0 Å². The largest absolute Gasteiger partial charge is 0.466 e. The molecule has 0 atom stereocenters. The number of alkyl halides is 1. The molecule has 0 aromatic heterocycles. The van der Waals surface area contributed by atoms with E-state index in [4.69, 9.17) is 11.6 Å². The van der Waals surface area contributed by atoms with Crippen LogP contribution in [-0.2, 0) is 19.4 Å². The standard InChI is InChI=1S/C9H17ClO4S/c1-2-14-9(11)5-3-7-15(12,13)8-4-6-10/h2-8H2,1H3. The maximum atomic E-state index is 11.3. The summed E-state index contributed by atoms with van der Waals surface area (Å²) in [5, 5.41) is 0. The monoisotopic (exact) mass is 256 g/mol. The van der Waals surface area contributed by atoms with E-state index < -0.39 is 9.84 Å². The summed E-state index contributed by atoms with van der Waals surface area (Å²) in [5.41, 5.74) is 0. The highest BCUT2D eigenvalue weighted by Gasteiger charge is 2.11. The molecule has 0 spiro atoms. The van der Waals surface area contributed by atoms with E-state index in [9.17, 15) is 13.2 Å². The van der Waals surface area contributed by atoms with Crippen molar-refractivity contribution in [2.45, 2.75) is 26.2 Å². The van der Waals surface area contributed by atoms with Gasteiger partial charge < -0.3 is 4.74 Å². The molecule has 0 unspecified atom stereocenters. The molecular formula is C9H17ClO4S. The van der Waals surface area contributed by atoms with Gasteiger partial charge in [-0.25, -0.2) is 8.42 Å². The van der Waals surface area contributed by atoms with Crippen molar-refractivity contribution in [3.05, 3.63) is 0 Å². The Kier molecular flexibility index (Phi) is 7.78. The van der Waals surface area contributed by atoms with Gasteiger partial charge in [0, 0.05) is 12.3 Å². The predicted molar refractivity (Wildman–Crippen MR) is 59.9 cm³/mol. The Bertz CT molecular complexity index is 274. The highest BCUT2D eigenvalue weighted by atomic mass is 35.5. The van der Waals surface area contributed by atoms with Gasteiger partial charge in [-0.1, -0.05) is 0 Å². The molecule has 0 aliphatic heterocycles. The average Bonchev–Trinajstić information content (AvgIpc) is 2.15. The summed E-state index contributed by atoms with van der Waals surface area (Å²) in [5.74, 6) is 0.129. The van der Waals surface area contributed by atoms with Gasteiger partial charge in [0.25, 0.3) is 0 Å². The van der Waals surface area contributed by atoms with Gasteiger partial charge in [-0.15, -0.1) is 11.6 Å². The van der Waals surface area contributed by atoms with E-state index in [1.807, 2.05) is 0 Å². The summed E-state index contributed by atoms with van der Waals surface area (Å²) >= 11 is 5.39. The second-order valence-electron chi connectivity index (χ2n) is 3.10. The van der Waals surface area contributed by atoms with Gasteiger partial charge in [0.15, 0.2) is 0 Å². The molecule has 0 radical (unpaired) electrons. The Morgan fingerprint density at radius 3 is 2.40 bits per heavy atom. The molecule has 0 aliphatic carbocycles. The lowest BCUT2D eigenvalue weighted by Gasteiger charge is -2.03. The zero-order valence-electron chi connectivity index (χ0n) is 8.87. The van der Waals surface area contributed by atoms with Gasteiger partial charge >= 0.3 is 5.97 Å². The molecule has 0 rings (SSSR count). The van der Waals surface area contributed by atoms with E-state index in [0.717, 1.165) is 0 Å². The number of esters is 1. The first kappa shape index (κ1) is 14.7. The summed E-state index contributed by atoms with van der Waals surface area (Å²) in [6.07, 6.45) is 0.945. The second kappa shape index (κ2) is 7.93. The normalized spacial score (nSPS) is 11.3. The summed E-state index contributed by atoms with van der Waals surface area (Å²) < 4.78 is 27.3. The van der Waals surface area contributed by atoms with Crippen molar-refractivity contribution in [1.82, 2.24) is 0 Å². The summed E-state index contributed by atoms with van der Waals surface area (Å²) in [6, 6.07) is 0. The Labute approximate surface area is 95.9 Å². The number of hydrogen-bond donors (Lipinski definition) is 0. The molecule has 0 aliphatic rings. The lowest BCUT2D eigenvalue weighted by molar-refractivity contribution is -0.143. The minimum absolute atomic E-state index is 0.0305. The first-order chi connectivity index (χ1) is 7.02. The molecule has 0 amide bonds. The highest BCUT2D eigenvalue weighted by molar-refractivity contribution is 7.91. The van der Waals surface area contributed by atoms with Crippen molar-refractivity contribution in [2.75, 3.05) is 24.0 Å². The van der Waals surface area contributed by atoms with Crippen LogP contribution in [0.1, 0.15) is 26.2 Å². The number of sulfone groups is 1. The first-order valence-electron chi connectivity index (χ1n) is 4.94. The lowest BCUT2D eigenvalue weighted by atomic mass is 10.3. The van der Waals surface area contributed by atoms with E-state index in [1.54, 1.807) is 6.92 Å².